The second kappa shape index (κ2) is 4.00. The van der Waals surface area contributed by atoms with Crippen molar-refractivity contribution in [2.75, 3.05) is 11.1 Å². The molecule has 0 unspecified atom stereocenters. The fourth-order valence-corrected chi connectivity index (χ4v) is 2.84. The quantitative estimate of drug-likeness (QED) is 0.840. The highest BCUT2D eigenvalue weighted by molar-refractivity contribution is 7.20. The topological polar surface area (TPSA) is 69.3 Å². The van der Waals surface area contributed by atoms with E-state index in [1.54, 1.807) is 11.3 Å². The fourth-order valence-electron chi connectivity index (χ4n) is 1.21. The molecule has 0 saturated heterocycles. The summed E-state index contributed by atoms with van der Waals surface area (Å²) in [5, 5.41) is 6.09. The summed E-state index contributed by atoms with van der Waals surface area (Å²) in [6, 6.07) is 3.94. The second-order valence-electron chi connectivity index (χ2n) is 2.95. The van der Waals surface area contributed by atoms with E-state index in [9.17, 15) is 4.79 Å². The number of carbonyl (C=O) groups is 1. The molecule has 0 aliphatic heterocycles. The Morgan fingerprint density at radius 2 is 2.40 bits per heavy atom. The first kappa shape index (κ1) is 10.1. The van der Waals surface area contributed by atoms with Gasteiger partial charge in [-0.2, -0.15) is 0 Å². The highest BCUT2D eigenvalue weighted by Gasteiger charge is 2.17. The zero-order chi connectivity index (χ0) is 10.8. The fraction of sp³-hybridized carbons (Fsp3) is 0.111. The predicted octanol–water partition coefficient (Wildman–Crippen LogP) is 1.83. The SMILES string of the molecule is CC(=O)Nc1sc(N)[nH+]c1-c1cccs1. The van der Waals surface area contributed by atoms with Gasteiger partial charge < -0.3 is 5.32 Å². The number of aromatic nitrogens is 1. The smallest absolute Gasteiger partial charge is 0.314 e. The standard InChI is InChI=1S/C9H9N3OS2/c1-5(13)11-8-7(12-9(10)15-8)6-3-2-4-14-6/h2-4H,1H3,(H2,10,12)(H,11,13)/p+1. The van der Waals surface area contributed by atoms with Crippen molar-refractivity contribution >= 4 is 38.7 Å². The molecule has 0 radical (unpaired) electrons. The number of thiophene rings is 1. The summed E-state index contributed by atoms with van der Waals surface area (Å²) >= 11 is 2.94. The molecule has 0 aliphatic rings. The molecule has 2 aromatic rings. The number of hydrogen-bond acceptors (Lipinski definition) is 4. The van der Waals surface area contributed by atoms with Gasteiger partial charge in [-0.3, -0.25) is 10.5 Å². The molecule has 0 atom stereocenters. The molecule has 0 saturated carbocycles. The zero-order valence-electron chi connectivity index (χ0n) is 8.03. The number of thiazole rings is 1. The maximum absolute atomic E-state index is 11.0. The van der Waals surface area contributed by atoms with Crippen molar-refractivity contribution < 1.29 is 9.78 Å². The summed E-state index contributed by atoms with van der Waals surface area (Å²) in [6.45, 7) is 1.48. The Balaban J connectivity index is 2.42. The first-order valence-electron chi connectivity index (χ1n) is 4.30. The van der Waals surface area contributed by atoms with Gasteiger partial charge in [-0.1, -0.05) is 6.07 Å². The number of amides is 1. The van der Waals surface area contributed by atoms with Crippen LogP contribution in [0.15, 0.2) is 17.5 Å². The maximum Gasteiger partial charge on any atom is 0.331 e. The van der Waals surface area contributed by atoms with Crippen LogP contribution in [-0.4, -0.2) is 5.91 Å². The van der Waals surface area contributed by atoms with Crippen LogP contribution in [0, 0.1) is 0 Å². The Labute approximate surface area is 94.8 Å². The van der Waals surface area contributed by atoms with E-state index in [1.807, 2.05) is 17.5 Å². The van der Waals surface area contributed by atoms with Crippen LogP contribution < -0.4 is 16.0 Å². The van der Waals surface area contributed by atoms with Crippen LogP contribution >= 0.6 is 22.7 Å². The van der Waals surface area contributed by atoms with Crippen molar-refractivity contribution in [1.29, 1.82) is 0 Å². The molecule has 0 fully saturated rings. The Bertz CT molecular complexity index is 476. The molecule has 78 valence electrons. The van der Waals surface area contributed by atoms with Gasteiger partial charge in [-0.15, -0.1) is 11.3 Å². The van der Waals surface area contributed by atoms with Crippen LogP contribution in [0.25, 0.3) is 10.6 Å². The number of rotatable bonds is 2. The molecule has 4 nitrogen and oxygen atoms in total. The maximum atomic E-state index is 11.0. The normalized spacial score (nSPS) is 10.2. The Morgan fingerprint density at radius 3 is 3.00 bits per heavy atom. The average molecular weight is 240 g/mol. The molecule has 0 aliphatic carbocycles. The van der Waals surface area contributed by atoms with Crippen molar-refractivity contribution in [2.45, 2.75) is 6.92 Å². The summed E-state index contributed by atoms with van der Waals surface area (Å²) in [4.78, 5) is 15.1. The van der Waals surface area contributed by atoms with E-state index in [2.05, 4.69) is 10.3 Å². The van der Waals surface area contributed by atoms with Crippen molar-refractivity contribution in [2.24, 2.45) is 0 Å². The van der Waals surface area contributed by atoms with Crippen LogP contribution in [0.5, 0.6) is 0 Å². The molecule has 4 N–H and O–H groups in total. The summed E-state index contributed by atoms with van der Waals surface area (Å²) < 4.78 is 0. The number of nitrogens with one attached hydrogen (secondary N) is 2. The number of aromatic amines is 1. The molecule has 15 heavy (non-hydrogen) atoms. The van der Waals surface area contributed by atoms with E-state index in [0.717, 1.165) is 15.6 Å². The van der Waals surface area contributed by atoms with Gasteiger partial charge >= 0.3 is 5.13 Å². The lowest BCUT2D eigenvalue weighted by Gasteiger charge is -1.97. The van der Waals surface area contributed by atoms with E-state index in [-0.39, 0.29) is 5.91 Å². The average Bonchev–Trinajstić information content (AvgIpc) is 2.72. The number of H-pyrrole nitrogens is 1. The molecule has 0 bridgehead atoms. The van der Waals surface area contributed by atoms with Crippen LogP contribution in [-0.2, 0) is 4.79 Å². The number of anilines is 2. The van der Waals surface area contributed by atoms with Gasteiger partial charge in [0.05, 0.1) is 4.88 Å². The molecular weight excluding hydrogens is 230 g/mol. The lowest BCUT2D eigenvalue weighted by Crippen LogP contribution is -2.09. The second-order valence-corrected chi connectivity index (χ2v) is 4.95. The first-order valence-corrected chi connectivity index (χ1v) is 5.99. The van der Waals surface area contributed by atoms with E-state index in [0.29, 0.717) is 5.13 Å². The Morgan fingerprint density at radius 1 is 1.60 bits per heavy atom. The predicted molar refractivity (Wildman–Crippen MR) is 62.9 cm³/mol. The molecule has 6 heteroatoms. The van der Waals surface area contributed by atoms with Gasteiger partial charge in [-0.25, -0.2) is 4.98 Å². The number of hydrogen-bond donors (Lipinski definition) is 2. The molecule has 2 aromatic heterocycles. The summed E-state index contributed by atoms with van der Waals surface area (Å²) in [7, 11) is 0. The zero-order valence-corrected chi connectivity index (χ0v) is 9.67. The highest BCUT2D eigenvalue weighted by atomic mass is 32.1. The van der Waals surface area contributed by atoms with Crippen molar-refractivity contribution in [3.05, 3.63) is 17.5 Å². The Hall–Kier alpha value is -1.40. The molecule has 2 rings (SSSR count). The van der Waals surface area contributed by atoms with Gasteiger partial charge in [0, 0.05) is 6.92 Å². The number of nitrogens with two attached hydrogens (primary N) is 1. The van der Waals surface area contributed by atoms with Gasteiger partial charge in [0.1, 0.15) is 0 Å². The van der Waals surface area contributed by atoms with Crippen molar-refractivity contribution in [1.82, 2.24) is 0 Å². The largest absolute Gasteiger partial charge is 0.331 e. The van der Waals surface area contributed by atoms with E-state index >= 15 is 0 Å². The number of nitrogen functional groups attached to an aromatic ring is 1. The van der Waals surface area contributed by atoms with E-state index in [4.69, 9.17) is 5.73 Å². The summed E-state index contributed by atoms with van der Waals surface area (Å²) in [6.07, 6.45) is 0. The van der Waals surface area contributed by atoms with Crippen molar-refractivity contribution in [3.63, 3.8) is 0 Å². The summed E-state index contributed by atoms with van der Waals surface area (Å²) in [5.41, 5.74) is 6.56. The third-order valence-corrected chi connectivity index (χ3v) is 3.46. The van der Waals surface area contributed by atoms with E-state index in [1.165, 1.54) is 18.3 Å². The van der Waals surface area contributed by atoms with Crippen LogP contribution in [0.2, 0.25) is 0 Å². The third-order valence-electron chi connectivity index (χ3n) is 1.74. The van der Waals surface area contributed by atoms with E-state index < -0.39 is 0 Å². The van der Waals surface area contributed by atoms with Crippen LogP contribution in [0.3, 0.4) is 0 Å². The summed E-state index contributed by atoms with van der Waals surface area (Å²) in [5.74, 6) is -0.0944. The van der Waals surface area contributed by atoms with Gasteiger partial charge in [-0.05, 0) is 22.8 Å². The minimum absolute atomic E-state index is 0.0944. The van der Waals surface area contributed by atoms with Gasteiger partial charge in [0.15, 0.2) is 10.7 Å². The highest BCUT2D eigenvalue weighted by Crippen LogP contribution is 2.33. The van der Waals surface area contributed by atoms with Gasteiger partial charge in [0.2, 0.25) is 5.91 Å². The minimum atomic E-state index is -0.0944. The van der Waals surface area contributed by atoms with Crippen LogP contribution in [0.4, 0.5) is 10.1 Å². The third kappa shape index (κ3) is 2.16. The monoisotopic (exact) mass is 240 g/mol. The first-order chi connectivity index (χ1) is 7.16. The van der Waals surface area contributed by atoms with Crippen molar-refractivity contribution in [3.8, 4) is 10.6 Å². The number of carbonyl (C=O) groups excluding carboxylic acids is 1. The molecule has 2 heterocycles. The lowest BCUT2D eigenvalue weighted by molar-refractivity contribution is -0.339. The molecule has 0 aromatic carbocycles. The van der Waals surface area contributed by atoms with Crippen LogP contribution in [0.1, 0.15) is 6.92 Å². The molecule has 0 spiro atoms. The minimum Gasteiger partial charge on any atom is -0.314 e. The lowest BCUT2D eigenvalue weighted by atomic mass is 10.3. The van der Waals surface area contributed by atoms with Gasteiger partial charge in [0.25, 0.3) is 0 Å². The molecule has 1 amide bonds. The Kier molecular flexibility index (Phi) is 2.70. The molecular formula is C9H10N3OS2+.